The van der Waals surface area contributed by atoms with Gasteiger partial charge in [0.1, 0.15) is 5.82 Å². The number of rotatable bonds is 2. The molecule has 0 aliphatic heterocycles. The summed E-state index contributed by atoms with van der Waals surface area (Å²) in [6, 6.07) is 6.61. The second-order valence-corrected chi connectivity index (χ2v) is 3.37. The number of thioether (sulfide) groups is 1. The predicted octanol–water partition coefficient (Wildman–Crippen LogP) is 2.75. The topological polar surface area (TPSA) is 23.8 Å². The van der Waals surface area contributed by atoms with Crippen LogP contribution in [0.1, 0.15) is 5.56 Å². The van der Waals surface area contributed by atoms with Gasteiger partial charge in [-0.1, -0.05) is 0 Å². The smallest absolute Gasteiger partial charge is 0.123 e. The molecule has 1 nitrogen and oxygen atoms in total. The van der Waals surface area contributed by atoms with Crippen LogP contribution in [0, 0.1) is 24.1 Å². The summed E-state index contributed by atoms with van der Waals surface area (Å²) in [5, 5.41) is 8.33. The summed E-state index contributed by atoms with van der Waals surface area (Å²) < 4.78 is 12.6. The fraction of sp³-hybridized carbons (Fsp3) is 0.222. The van der Waals surface area contributed by atoms with Gasteiger partial charge in [-0.25, -0.2) is 4.39 Å². The minimum Gasteiger partial charge on any atom is -0.207 e. The Labute approximate surface area is 75.2 Å². The van der Waals surface area contributed by atoms with Crippen LogP contribution in [0.2, 0.25) is 0 Å². The van der Waals surface area contributed by atoms with E-state index in [4.69, 9.17) is 5.26 Å². The summed E-state index contributed by atoms with van der Waals surface area (Å²) >= 11 is 1.43. The van der Waals surface area contributed by atoms with Crippen molar-refractivity contribution in [3.05, 3.63) is 29.6 Å². The van der Waals surface area contributed by atoms with Crippen molar-refractivity contribution in [1.82, 2.24) is 0 Å². The zero-order chi connectivity index (χ0) is 8.97. The van der Waals surface area contributed by atoms with Gasteiger partial charge in [0.2, 0.25) is 0 Å². The van der Waals surface area contributed by atoms with Gasteiger partial charge in [-0.15, -0.1) is 11.8 Å². The Balaban J connectivity index is 2.81. The van der Waals surface area contributed by atoms with E-state index in [0.29, 0.717) is 5.75 Å². The number of hydrogen-bond acceptors (Lipinski definition) is 2. The van der Waals surface area contributed by atoms with E-state index in [9.17, 15) is 4.39 Å². The molecule has 0 unspecified atom stereocenters. The van der Waals surface area contributed by atoms with Crippen molar-refractivity contribution in [3.8, 4) is 6.07 Å². The van der Waals surface area contributed by atoms with Gasteiger partial charge >= 0.3 is 0 Å². The van der Waals surface area contributed by atoms with Crippen LogP contribution in [-0.4, -0.2) is 5.75 Å². The average molecular weight is 181 g/mol. The second-order valence-electron chi connectivity index (χ2n) is 2.36. The molecule has 0 aliphatic carbocycles. The summed E-state index contributed by atoms with van der Waals surface area (Å²) in [7, 11) is 0. The van der Waals surface area contributed by atoms with Crippen LogP contribution in [0.3, 0.4) is 0 Å². The molecule has 0 saturated carbocycles. The Hall–Kier alpha value is -1.01. The molecule has 0 fully saturated rings. The van der Waals surface area contributed by atoms with Crippen molar-refractivity contribution < 1.29 is 4.39 Å². The van der Waals surface area contributed by atoms with Crippen molar-refractivity contribution in [3.63, 3.8) is 0 Å². The minimum atomic E-state index is -0.228. The molecule has 1 rings (SSSR count). The first-order valence-corrected chi connectivity index (χ1v) is 4.48. The molecule has 0 aliphatic rings. The number of nitrogens with zero attached hydrogens (tertiary/aromatic N) is 1. The molecular formula is C9H8FNS. The Kier molecular flexibility index (Phi) is 3.12. The van der Waals surface area contributed by atoms with Gasteiger partial charge in [0.25, 0.3) is 0 Å². The third-order valence-electron chi connectivity index (χ3n) is 1.43. The van der Waals surface area contributed by atoms with Crippen LogP contribution in [0.25, 0.3) is 0 Å². The lowest BCUT2D eigenvalue weighted by molar-refractivity contribution is 0.625. The van der Waals surface area contributed by atoms with Gasteiger partial charge in [0.15, 0.2) is 0 Å². The quantitative estimate of drug-likeness (QED) is 0.655. The highest BCUT2D eigenvalue weighted by Gasteiger charge is 1.99. The van der Waals surface area contributed by atoms with E-state index in [1.54, 1.807) is 6.07 Å². The van der Waals surface area contributed by atoms with Crippen LogP contribution in [0.5, 0.6) is 0 Å². The molecule has 0 amide bonds. The van der Waals surface area contributed by atoms with Crippen LogP contribution in [-0.2, 0) is 0 Å². The largest absolute Gasteiger partial charge is 0.207 e. The van der Waals surface area contributed by atoms with E-state index >= 15 is 0 Å². The number of halogens is 1. The van der Waals surface area contributed by atoms with Gasteiger partial charge in [-0.05, 0) is 30.7 Å². The molecule has 0 atom stereocenters. The highest BCUT2D eigenvalue weighted by atomic mass is 32.2. The molecule has 12 heavy (non-hydrogen) atoms. The highest BCUT2D eigenvalue weighted by Crippen LogP contribution is 2.22. The van der Waals surface area contributed by atoms with E-state index in [1.807, 2.05) is 13.0 Å². The highest BCUT2D eigenvalue weighted by molar-refractivity contribution is 7.99. The van der Waals surface area contributed by atoms with Gasteiger partial charge in [-0.3, -0.25) is 0 Å². The molecule has 0 radical (unpaired) electrons. The van der Waals surface area contributed by atoms with Crippen molar-refractivity contribution >= 4 is 11.8 Å². The third-order valence-corrected chi connectivity index (χ3v) is 2.47. The van der Waals surface area contributed by atoms with Crippen molar-refractivity contribution in [2.75, 3.05) is 5.75 Å². The maximum Gasteiger partial charge on any atom is 0.123 e. The molecule has 0 bridgehead atoms. The number of nitriles is 1. The van der Waals surface area contributed by atoms with E-state index in [-0.39, 0.29) is 5.82 Å². The zero-order valence-corrected chi connectivity index (χ0v) is 7.49. The summed E-state index contributed by atoms with van der Waals surface area (Å²) in [6.07, 6.45) is 0. The fourth-order valence-electron chi connectivity index (χ4n) is 0.885. The van der Waals surface area contributed by atoms with Crippen LogP contribution >= 0.6 is 11.8 Å². The van der Waals surface area contributed by atoms with Crippen molar-refractivity contribution in [2.24, 2.45) is 0 Å². The van der Waals surface area contributed by atoms with Gasteiger partial charge in [0, 0.05) is 4.90 Å². The Morgan fingerprint density at radius 2 is 2.33 bits per heavy atom. The van der Waals surface area contributed by atoms with Crippen molar-refractivity contribution in [1.29, 1.82) is 5.26 Å². The molecule has 0 heterocycles. The first-order valence-electron chi connectivity index (χ1n) is 3.50. The molecule has 1 aromatic carbocycles. The predicted molar refractivity (Wildman–Crippen MR) is 47.5 cm³/mol. The Bertz CT molecular complexity index is 317. The second kappa shape index (κ2) is 4.13. The third kappa shape index (κ3) is 2.24. The molecule has 1 aromatic rings. The number of benzene rings is 1. The SMILES string of the molecule is Cc1cc(F)ccc1SCC#N. The van der Waals surface area contributed by atoms with Gasteiger partial charge < -0.3 is 0 Å². The lowest BCUT2D eigenvalue weighted by Gasteiger charge is -2.01. The average Bonchev–Trinajstić information content (AvgIpc) is 2.03. The van der Waals surface area contributed by atoms with E-state index < -0.39 is 0 Å². The summed E-state index contributed by atoms with van der Waals surface area (Å²) in [4.78, 5) is 0.970. The maximum absolute atomic E-state index is 12.6. The van der Waals surface area contributed by atoms with Crippen LogP contribution in [0.4, 0.5) is 4.39 Å². The molecule has 0 spiro atoms. The van der Waals surface area contributed by atoms with Gasteiger partial charge in [-0.2, -0.15) is 5.26 Å². The molecule has 0 N–H and O–H groups in total. The molecule has 0 aromatic heterocycles. The lowest BCUT2D eigenvalue weighted by atomic mass is 10.2. The Morgan fingerprint density at radius 1 is 1.58 bits per heavy atom. The first-order chi connectivity index (χ1) is 5.74. The summed E-state index contributed by atoms with van der Waals surface area (Å²) in [5.74, 6) is 0.181. The van der Waals surface area contributed by atoms with Gasteiger partial charge in [0.05, 0.1) is 11.8 Å². The summed E-state index contributed by atoms with van der Waals surface area (Å²) in [5.41, 5.74) is 0.884. The first kappa shape index (κ1) is 9.08. The fourth-order valence-corrected chi connectivity index (χ4v) is 1.56. The van der Waals surface area contributed by atoms with Crippen LogP contribution < -0.4 is 0 Å². The van der Waals surface area contributed by atoms with Crippen molar-refractivity contribution in [2.45, 2.75) is 11.8 Å². The number of aryl methyl sites for hydroxylation is 1. The standard InChI is InChI=1S/C9H8FNS/c1-7-6-8(10)2-3-9(7)12-5-4-11/h2-3,6H,5H2,1H3. The molecule has 0 saturated heterocycles. The molecule has 3 heteroatoms. The summed E-state index contributed by atoms with van der Waals surface area (Å²) in [6.45, 7) is 1.84. The maximum atomic E-state index is 12.6. The van der Waals surface area contributed by atoms with E-state index in [1.165, 1.54) is 23.9 Å². The normalized spacial score (nSPS) is 9.42. The zero-order valence-electron chi connectivity index (χ0n) is 6.67. The van der Waals surface area contributed by atoms with E-state index in [2.05, 4.69) is 0 Å². The minimum absolute atomic E-state index is 0.228. The number of hydrogen-bond donors (Lipinski definition) is 0. The molecule has 62 valence electrons. The van der Waals surface area contributed by atoms with E-state index in [0.717, 1.165) is 10.5 Å². The lowest BCUT2D eigenvalue weighted by Crippen LogP contribution is -1.82. The Morgan fingerprint density at radius 3 is 2.92 bits per heavy atom. The van der Waals surface area contributed by atoms with Crippen LogP contribution in [0.15, 0.2) is 23.1 Å². The monoisotopic (exact) mass is 181 g/mol. The molecular weight excluding hydrogens is 173 g/mol.